The van der Waals surface area contributed by atoms with Crippen LogP contribution in [0.3, 0.4) is 0 Å². The summed E-state index contributed by atoms with van der Waals surface area (Å²) in [4.78, 5) is 9.07. The van der Waals surface area contributed by atoms with E-state index in [9.17, 15) is 0 Å². The Morgan fingerprint density at radius 2 is 2.06 bits per heavy atom. The number of likely N-dealkylation sites (N-methyl/N-ethyl adjacent to an activating group) is 2. The molecule has 2 unspecified atom stereocenters. The standard InChI is InChI=1S/C14H26N4/c1-5-18(12(2)11-17(3)4)14(10-15)13-8-6-7-9-16-13/h6-9,12,14H,5,10-11,15H2,1-4H3. The van der Waals surface area contributed by atoms with Crippen LogP contribution in [0.1, 0.15) is 25.6 Å². The fourth-order valence-electron chi connectivity index (χ4n) is 2.47. The van der Waals surface area contributed by atoms with E-state index in [1.807, 2.05) is 18.3 Å². The first-order valence-corrected chi connectivity index (χ1v) is 6.61. The van der Waals surface area contributed by atoms with Crippen molar-refractivity contribution in [1.29, 1.82) is 0 Å². The first-order chi connectivity index (χ1) is 8.60. The van der Waals surface area contributed by atoms with Crippen LogP contribution in [0.2, 0.25) is 0 Å². The van der Waals surface area contributed by atoms with Crippen LogP contribution >= 0.6 is 0 Å². The van der Waals surface area contributed by atoms with Gasteiger partial charge in [0, 0.05) is 25.3 Å². The zero-order valence-corrected chi connectivity index (χ0v) is 12.0. The molecule has 0 amide bonds. The van der Waals surface area contributed by atoms with Crippen molar-refractivity contribution in [3.05, 3.63) is 30.1 Å². The van der Waals surface area contributed by atoms with E-state index in [4.69, 9.17) is 5.73 Å². The molecule has 0 saturated carbocycles. The monoisotopic (exact) mass is 250 g/mol. The van der Waals surface area contributed by atoms with Gasteiger partial charge < -0.3 is 10.6 Å². The van der Waals surface area contributed by atoms with Crippen molar-refractivity contribution < 1.29 is 0 Å². The van der Waals surface area contributed by atoms with Crippen molar-refractivity contribution in [1.82, 2.24) is 14.8 Å². The number of hydrogen-bond acceptors (Lipinski definition) is 4. The van der Waals surface area contributed by atoms with E-state index in [0.29, 0.717) is 12.6 Å². The molecule has 0 aromatic carbocycles. The molecule has 0 spiro atoms. The third-order valence-electron chi connectivity index (χ3n) is 3.21. The molecule has 0 aliphatic heterocycles. The second kappa shape index (κ2) is 7.46. The van der Waals surface area contributed by atoms with Gasteiger partial charge in [-0.1, -0.05) is 13.0 Å². The van der Waals surface area contributed by atoms with Crippen LogP contribution < -0.4 is 5.73 Å². The van der Waals surface area contributed by atoms with Gasteiger partial charge in [0.1, 0.15) is 0 Å². The first-order valence-electron chi connectivity index (χ1n) is 6.61. The summed E-state index contributed by atoms with van der Waals surface area (Å²) in [5.41, 5.74) is 7.02. The Kier molecular flexibility index (Phi) is 6.25. The molecule has 102 valence electrons. The van der Waals surface area contributed by atoms with Gasteiger partial charge in [0.2, 0.25) is 0 Å². The number of aromatic nitrogens is 1. The van der Waals surface area contributed by atoms with E-state index < -0.39 is 0 Å². The summed E-state index contributed by atoms with van der Waals surface area (Å²) in [5.74, 6) is 0. The molecule has 1 rings (SSSR count). The third-order valence-corrected chi connectivity index (χ3v) is 3.21. The molecular weight excluding hydrogens is 224 g/mol. The molecule has 2 atom stereocenters. The highest BCUT2D eigenvalue weighted by Gasteiger charge is 2.23. The summed E-state index contributed by atoms with van der Waals surface area (Å²) >= 11 is 0. The summed E-state index contributed by atoms with van der Waals surface area (Å²) in [5, 5.41) is 0. The lowest BCUT2D eigenvalue weighted by molar-refractivity contribution is 0.128. The number of hydrogen-bond donors (Lipinski definition) is 1. The van der Waals surface area contributed by atoms with Gasteiger partial charge in [-0.05, 0) is 39.7 Å². The summed E-state index contributed by atoms with van der Waals surface area (Å²) in [6.07, 6.45) is 1.84. The SMILES string of the molecule is CCN(C(C)CN(C)C)C(CN)c1ccccn1. The Bertz CT molecular complexity index is 326. The minimum atomic E-state index is 0.200. The Balaban J connectivity index is 2.84. The molecular formula is C14H26N4. The van der Waals surface area contributed by atoms with Crippen LogP contribution in [0.4, 0.5) is 0 Å². The lowest BCUT2D eigenvalue weighted by Crippen LogP contribution is -2.44. The number of pyridine rings is 1. The second-order valence-electron chi connectivity index (χ2n) is 4.95. The Labute approximate surface area is 111 Å². The number of rotatable bonds is 7. The van der Waals surface area contributed by atoms with Gasteiger partial charge in [0.05, 0.1) is 11.7 Å². The average Bonchev–Trinajstić information content (AvgIpc) is 2.35. The molecule has 4 nitrogen and oxygen atoms in total. The summed E-state index contributed by atoms with van der Waals surface area (Å²) < 4.78 is 0. The van der Waals surface area contributed by atoms with Crippen LogP contribution in [-0.4, -0.2) is 54.6 Å². The van der Waals surface area contributed by atoms with E-state index in [2.05, 4.69) is 48.8 Å². The van der Waals surface area contributed by atoms with Gasteiger partial charge in [-0.2, -0.15) is 0 Å². The topological polar surface area (TPSA) is 45.4 Å². The van der Waals surface area contributed by atoms with Gasteiger partial charge in [-0.25, -0.2) is 0 Å². The van der Waals surface area contributed by atoms with Crippen molar-refractivity contribution in [3.8, 4) is 0 Å². The fraction of sp³-hybridized carbons (Fsp3) is 0.643. The zero-order chi connectivity index (χ0) is 13.5. The highest BCUT2D eigenvalue weighted by atomic mass is 15.2. The first kappa shape index (κ1) is 15.1. The molecule has 1 aromatic heterocycles. The number of nitrogens with two attached hydrogens (primary N) is 1. The van der Waals surface area contributed by atoms with Gasteiger partial charge in [0.25, 0.3) is 0 Å². The van der Waals surface area contributed by atoms with Gasteiger partial charge >= 0.3 is 0 Å². The summed E-state index contributed by atoms with van der Waals surface area (Å²) in [6, 6.07) is 6.68. The van der Waals surface area contributed by atoms with Crippen LogP contribution in [0, 0.1) is 0 Å². The highest BCUT2D eigenvalue weighted by Crippen LogP contribution is 2.20. The zero-order valence-electron chi connectivity index (χ0n) is 12.0. The van der Waals surface area contributed by atoms with Crippen molar-refractivity contribution >= 4 is 0 Å². The smallest absolute Gasteiger partial charge is 0.0647 e. The Hall–Kier alpha value is -0.970. The predicted molar refractivity (Wildman–Crippen MR) is 76.4 cm³/mol. The molecule has 0 saturated heterocycles. The largest absolute Gasteiger partial charge is 0.329 e. The van der Waals surface area contributed by atoms with Crippen molar-refractivity contribution in [2.24, 2.45) is 5.73 Å². The lowest BCUT2D eigenvalue weighted by Gasteiger charge is -2.36. The quantitative estimate of drug-likeness (QED) is 0.793. The summed E-state index contributed by atoms with van der Waals surface area (Å²) in [6.45, 7) is 7.03. The van der Waals surface area contributed by atoms with E-state index in [0.717, 1.165) is 18.8 Å². The minimum Gasteiger partial charge on any atom is -0.329 e. The molecule has 2 N–H and O–H groups in total. The van der Waals surface area contributed by atoms with E-state index in [1.54, 1.807) is 0 Å². The van der Waals surface area contributed by atoms with Crippen molar-refractivity contribution in [2.75, 3.05) is 33.7 Å². The highest BCUT2D eigenvalue weighted by molar-refractivity contribution is 5.09. The van der Waals surface area contributed by atoms with Crippen LogP contribution in [0.25, 0.3) is 0 Å². The molecule has 0 bridgehead atoms. The molecule has 4 heteroatoms. The Morgan fingerprint density at radius 3 is 2.50 bits per heavy atom. The molecule has 18 heavy (non-hydrogen) atoms. The second-order valence-corrected chi connectivity index (χ2v) is 4.95. The molecule has 0 fully saturated rings. The molecule has 1 aromatic rings. The number of nitrogens with zero attached hydrogens (tertiary/aromatic N) is 3. The maximum absolute atomic E-state index is 5.95. The van der Waals surface area contributed by atoms with E-state index in [-0.39, 0.29) is 6.04 Å². The lowest BCUT2D eigenvalue weighted by atomic mass is 10.1. The van der Waals surface area contributed by atoms with Crippen LogP contribution in [0.5, 0.6) is 0 Å². The molecule has 1 heterocycles. The summed E-state index contributed by atoms with van der Waals surface area (Å²) in [7, 11) is 4.20. The normalized spacial score (nSPS) is 15.1. The van der Waals surface area contributed by atoms with Crippen LogP contribution in [-0.2, 0) is 0 Å². The van der Waals surface area contributed by atoms with E-state index >= 15 is 0 Å². The molecule has 0 radical (unpaired) electrons. The molecule has 0 aliphatic rings. The minimum absolute atomic E-state index is 0.200. The average molecular weight is 250 g/mol. The molecule has 0 aliphatic carbocycles. The maximum Gasteiger partial charge on any atom is 0.0647 e. The van der Waals surface area contributed by atoms with Crippen LogP contribution in [0.15, 0.2) is 24.4 Å². The van der Waals surface area contributed by atoms with Gasteiger partial charge in [-0.3, -0.25) is 9.88 Å². The van der Waals surface area contributed by atoms with Crippen molar-refractivity contribution in [3.63, 3.8) is 0 Å². The maximum atomic E-state index is 5.95. The van der Waals surface area contributed by atoms with Gasteiger partial charge in [0.15, 0.2) is 0 Å². The fourth-order valence-corrected chi connectivity index (χ4v) is 2.47. The third kappa shape index (κ3) is 4.05. The predicted octanol–water partition coefficient (Wildman–Crippen LogP) is 1.35. The van der Waals surface area contributed by atoms with E-state index in [1.165, 1.54) is 0 Å². The Morgan fingerprint density at radius 1 is 1.33 bits per heavy atom. The van der Waals surface area contributed by atoms with Crippen molar-refractivity contribution in [2.45, 2.75) is 25.9 Å². The van der Waals surface area contributed by atoms with Gasteiger partial charge in [-0.15, -0.1) is 0 Å².